The minimum atomic E-state index is 0.343. The van der Waals surface area contributed by atoms with Gasteiger partial charge in [-0.05, 0) is 24.9 Å². The van der Waals surface area contributed by atoms with Crippen molar-refractivity contribution in [1.82, 2.24) is 10.3 Å². The topological polar surface area (TPSA) is 43.4 Å². The lowest BCUT2D eigenvalue weighted by atomic mass is 10.1. The molecule has 0 aliphatic heterocycles. The van der Waals surface area contributed by atoms with Gasteiger partial charge in [0, 0.05) is 25.4 Å². The van der Waals surface area contributed by atoms with Crippen molar-refractivity contribution in [3.8, 4) is 5.88 Å². The van der Waals surface area contributed by atoms with Crippen LogP contribution in [0, 0.1) is 0 Å². The fraction of sp³-hybridized carbons (Fsp3) is 0.615. The predicted octanol–water partition coefficient (Wildman–Crippen LogP) is 1.65. The summed E-state index contributed by atoms with van der Waals surface area (Å²) in [5.74, 6) is 0.651. The minimum Gasteiger partial charge on any atom is -0.481 e. The number of hydrogen-bond acceptors (Lipinski definition) is 4. The van der Waals surface area contributed by atoms with Crippen molar-refractivity contribution >= 4 is 0 Å². The SMILES string of the molecule is CCCNC(COC)Cc1ccc(OC)nc1. The summed E-state index contributed by atoms with van der Waals surface area (Å²) in [7, 11) is 3.35. The van der Waals surface area contributed by atoms with Crippen molar-refractivity contribution in [1.29, 1.82) is 0 Å². The summed E-state index contributed by atoms with van der Waals surface area (Å²) in [6.45, 7) is 3.88. The highest BCUT2D eigenvalue weighted by atomic mass is 16.5. The van der Waals surface area contributed by atoms with E-state index in [9.17, 15) is 0 Å². The highest BCUT2D eigenvalue weighted by molar-refractivity contribution is 5.18. The average molecular weight is 238 g/mol. The fourth-order valence-corrected chi connectivity index (χ4v) is 1.68. The molecule has 1 unspecified atom stereocenters. The third kappa shape index (κ3) is 5.15. The van der Waals surface area contributed by atoms with Crippen molar-refractivity contribution in [2.45, 2.75) is 25.8 Å². The predicted molar refractivity (Wildman–Crippen MR) is 68.5 cm³/mol. The molecule has 17 heavy (non-hydrogen) atoms. The number of ether oxygens (including phenoxy) is 2. The number of pyridine rings is 1. The first kappa shape index (κ1) is 13.9. The second-order valence-electron chi connectivity index (χ2n) is 4.02. The van der Waals surface area contributed by atoms with Crippen LogP contribution in [-0.4, -0.2) is 38.4 Å². The van der Waals surface area contributed by atoms with Gasteiger partial charge in [-0.1, -0.05) is 13.0 Å². The Balaban J connectivity index is 2.51. The fourth-order valence-electron chi connectivity index (χ4n) is 1.68. The van der Waals surface area contributed by atoms with E-state index < -0.39 is 0 Å². The Labute approximate surface area is 103 Å². The Hall–Kier alpha value is -1.13. The van der Waals surface area contributed by atoms with E-state index in [1.165, 1.54) is 5.56 Å². The second-order valence-corrected chi connectivity index (χ2v) is 4.02. The van der Waals surface area contributed by atoms with Crippen LogP contribution < -0.4 is 10.1 Å². The molecular formula is C13H22N2O2. The summed E-state index contributed by atoms with van der Waals surface area (Å²) in [5.41, 5.74) is 1.19. The van der Waals surface area contributed by atoms with Crippen LogP contribution in [0.1, 0.15) is 18.9 Å². The Bertz CT molecular complexity index is 301. The van der Waals surface area contributed by atoms with Crippen LogP contribution >= 0.6 is 0 Å². The molecule has 1 rings (SSSR count). The van der Waals surface area contributed by atoms with Crippen LogP contribution in [0.25, 0.3) is 0 Å². The van der Waals surface area contributed by atoms with Gasteiger partial charge in [0.15, 0.2) is 0 Å². The summed E-state index contributed by atoms with van der Waals surface area (Å²) >= 11 is 0. The molecule has 0 bridgehead atoms. The second kappa shape index (κ2) is 8.03. The third-order valence-electron chi connectivity index (χ3n) is 2.54. The number of aromatic nitrogens is 1. The molecule has 0 fully saturated rings. The van der Waals surface area contributed by atoms with E-state index in [4.69, 9.17) is 9.47 Å². The van der Waals surface area contributed by atoms with Gasteiger partial charge in [-0.3, -0.25) is 0 Å². The highest BCUT2D eigenvalue weighted by Crippen LogP contribution is 2.08. The summed E-state index contributed by atoms with van der Waals surface area (Å²) in [5, 5.41) is 3.46. The van der Waals surface area contributed by atoms with E-state index in [-0.39, 0.29) is 0 Å². The molecule has 0 amide bonds. The van der Waals surface area contributed by atoms with Gasteiger partial charge in [0.1, 0.15) is 0 Å². The summed E-state index contributed by atoms with van der Waals surface area (Å²) in [6.07, 6.45) is 3.90. The maximum absolute atomic E-state index is 5.21. The van der Waals surface area contributed by atoms with Crippen LogP contribution in [-0.2, 0) is 11.2 Å². The van der Waals surface area contributed by atoms with E-state index in [0.717, 1.165) is 19.4 Å². The summed E-state index contributed by atoms with van der Waals surface area (Å²) in [4.78, 5) is 4.20. The molecule has 1 atom stereocenters. The normalized spacial score (nSPS) is 12.4. The largest absolute Gasteiger partial charge is 0.481 e. The van der Waals surface area contributed by atoms with Gasteiger partial charge < -0.3 is 14.8 Å². The van der Waals surface area contributed by atoms with Gasteiger partial charge in [0.25, 0.3) is 0 Å². The lowest BCUT2D eigenvalue weighted by Crippen LogP contribution is -2.35. The lowest BCUT2D eigenvalue weighted by molar-refractivity contribution is 0.166. The summed E-state index contributed by atoms with van der Waals surface area (Å²) in [6, 6.07) is 4.27. The molecule has 0 aliphatic rings. The molecule has 0 aromatic carbocycles. The molecule has 0 spiro atoms. The number of hydrogen-bond donors (Lipinski definition) is 1. The van der Waals surface area contributed by atoms with E-state index in [1.54, 1.807) is 14.2 Å². The minimum absolute atomic E-state index is 0.343. The van der Waals surface area contributed by atoms with Gasteiger partial charge >= 0.3 is 0 Å². The van der Waals surface area contributed by atoms with Crippen molar-refractivity contribution in [3.05, 3.63) is 23.9 Å². The van der Waals surface area contributed by atoms with Crippen molar-refractivity contribution in [2.75, 3.05) is 27.4 Å². The molecule has 4 nitrogen and oxygen atoms in total. The molecule has 1 aromatic heterocycles. The van der Waals surface area contributed by atoms with Gasteiger partial charge in [0.2, 0.25) is 5.88 Å². The molecule has 0 saturated heterocycles. The first-order chi connectivity index (χ1) is 8.30. The summed E-state index contributed by atoms with van der Waals surface area (Å²) < 4.78 is 10.2. The standard InChI is InChI=1S/C13H22N2O2/c1-4-7-14-12(10-16-2)8-11-5-6-13(17-3)15-9-11/h5-6,9,12,14H,4,7-8,10H2,1-3H3. The van der Waals surface area contributed by atoms with Crippen LogP contribution in [0.4, 0.5) is 0 Å². The first-order valence-electron chi connectivity index (χ1n) is 6.01. The number of nitrogens with one attached hydrogen (secondary N) is 1. The van der Waals surface area contributed by atoms with Crippen LogP contribution in [0.2, 0.25) is 0 Å². The van der Waals surface area contributed by atoms with Crippen LogP contribution in [0.15, 0.2) is 18.3 Å². The Morgan fingerprint density at radius 1 is 1.35 bits per heavy atom. The van der Waals surface area contributed by atoms with E-state index in [1.807, 2.05) is 18.3 Å². The van der Waals surface area contributed by atoms with Crippen molar-refractivity contribution in [3.63, 3.8) is 0 Å². The molecular weight excluding hydrogens is 216 g/mol. The Morgan fingerprint density at radius 2 is 2.18 bits per heavy atom. The maximum Gasteiger partial charge on any atom is 0.212 e. The van der Waals surface area contributed by atoms with Crippen LogP contribution in [0.3, 0.4) is 0 Å². The molecule has 1 heterocycles. The molecule has 1 aromatic rings. The number of nitrogens with zero attached hydrogens (tertiary/aromatic N) is 1. The average Bonchev–Trinajstić information content (AvgIpc) is 2.37. The highest BCUT2D eigenvalue weighted by Gasteiger charge is 2.08. The zero-order chi connectivity index (χ0) is 12.5. The monoisotopic (exact) mass is 238 g/mol. The Kier molecular flexibility index (Phi) is 6.58. The van der Waals surface area contributed by atoms with Crippen molar-refractivity contribution < 1.29 is 9.47 Å². The Morgan fingerprint density at radius 3 is 2.71 bits per heavy atom. The lowest BCUT2D eigenvalue weighted by Gasteiger charge is -2.17. The first-order valence-corrected chi connectivity index (χ1v) is 6.01. The van der Waals surface area contributed by atoms with Gasteiger partial charge in [-0.2, -0.15) is 0 Å². The molecule has 0 aliphatic carbocycles. The van der Waals surface area contributed by atoms with E-state index >= 15 is 0 Å². The molecule has 1 N–H and O–H groups in total. The van der Waals surface area contributed by atoms with Gasteiger partial charge in [-0.25, -0.2) is 4.98 Å². The van der Waals surface area contributed by atoms with Gasteiger partial charge in [-0.15, -0.1) is 0 Å². The molecule has 96 valence electrons. The van der Waals surface area contributed by atoms with Crippen LogP contribution in [0.5, 0.6) is 5.88 Å². The third-order valence-corrected chi connectivity index (χ3v) is 2.54. The van der Waals surface area contributed by atoms with E-state index in [0.29, 0.717) is 18.5 Å². The molecule has 0 radical (unpaired) electrons. The smallest absolute Gasteiger partial charge is 0.212 e. The zero-order valence-electron chi connectivity index (χ0n) is 10.9. The number of rotatable bonds is 8. The number of methoxy groups -OCH3 is 2. The quantitative estimate of drug-likeness (QED) is 0.748. The molecule has 0 saturated carbocycles. The molecule has 4 heteroatoms. The van der Waals surface area contributed by atoms with E-state index in [2.05, 4.69) is 17.2 Å². The van der Waals surface area contributed by atoms with Gasteiger partial charge in [0.05, 0.1) is 13.7 Å². The maximum atomic E-state index is 5.21. The van der Waals surface area contributed by atoms with Crippen molar-refractivity contribution in [2.24, 2.45) is 0 Å². The zero-order valence-corrected chi connectivity index (χ0v) is 10.9.